The first-order chi connectivity index (χ1) is 8.63. The van der Waals surface area contributed by atoms with Crippen LogP contribution in [0, 0.1) is 6.92 Å². The first-order valence-corrected chi connectivity index (χ1v) is 6.68. The molecule has 102 valence electrons. The standard InChI is InChI=1S/C15H25NO2/c1-4-5-10-16(3)11-14(17)12-18-15-9-7-6-8-13(15)2/h6-9,14,17H,4-5,10-12H2,1-3H3/t14-/m0/s1. The molecule has 1 aromatic carbocycles. The molecule has 0 aromatic heterocycles. The number of aryl methyl sites for hydroxylation is 1. The predicted octanol–water partition coefficient (Wildman–Crippen LogP) is 2.47. The highest BCUT2D eigenvalue weighted by Crippen LogP contribution is 2.16. The quantitative estimate of drug-likeness (QED) is 0.770. The average molecular weight is 251 g/mol. The lowest BCUT2D eigenvalue weighted by atomic mass is 10.2. The molecule has 1 rings (SSSR count). The third-order valence-corrected chi connectivity index (χ3v) is 2.94. The summed E-state index contributed by atoms with van der Waals surface area (Å²) < 4.78 is 5.63. The number of nitrogens with zero attached hydrogens (tertiary/aromatic N) is 1. The van der Waals surface area contributed by atoms with Crippen LogP contribution in [0.4, 0.5) is 0 Å². The van der Waals surface area contributed by atoms with Gasteiger partial charge in [0, 0.05) is 6.54 Å². The zero-order valence-corrected chi connectivity index (χ0v) is 11.7. The first-order valence-electron chi connectivity index (χ1n) is 6.68. The van der Waals surface area contributed by atoms with Gasteiger partial charge < -0.3 is 14.7 Å². The van der Waals surface area contributed by atoms with Crippen LogP contribution in [0.3, 0.4) is 0 Å². The predicted molar refractivity (Wildman–Crippen MR) is 75.1 cm³/mol. The SMILES string of the molecule is CCCCN(C)C[C@H](O)COc1ccccc1C. The van der Waals surface area contributed by atoms with Crippen LogP contribution in [0.15, 0.2) is 24.3 Å². The van der Waals surface area contributed by atoms with Gasteiger partial charge in [-0.3, -0.25) is 0 Å². The molecule has 0 fully saturated rings. The van der Waals surface area contributed by atoms with E-state index in [4.69, 9.17) is 4.74 Å². The number of para-hydroxylation sites is 1. The molecule has 0 unspecified atom stereocenters. The highest BCUT2D eigenvalue weighted by Gasteiger charge is 2.09. The van der Waals surface area contributed by atoms with Crippen LogP contribution in [0.25, 0.3) is 0 Å². The molecule has 18 heavy (non-hydrogen) atoms. The molecule has 0 saturated heterocycles. The van der Waals surface area contributed by atoms with Gasteiger partial charge >= 0.3 is 0 Å². The Kier molecular flexibility index (Phi) is 6.76. The lowest BCUT2D eigenvalue weighted by Crippen LogP contribution is -2.33. The van der Waals surface area contributed by atoms with Crippen LogP contribution in [0.5, 0.6) is 5.75 Å². The normalized spacial score (nSPS) is 12.7. The molecule has 1 atom stereocenters. The summed E-state index contributed by atoms with van der Waals surface area (Å²) in [4.78, 5) is 2.15. The van der Waals surface area contributed by atoms with Crippen LogP contribution in [-0.4, -0.2) is 42.9 Å². The van der Waals surface area contributed by atoms with Crippen molar-refractivity contribution in [2.45, 2.75) is 32.8 Å². The Bertz CT molecular complexity index is 341. The van der Waals surface area contributed by atoms with E-state index in [1.807, 2.05) is 38.2 Å². The number of aliphatic hydroxyl groups is 1. The van der Waals surface area contributed by atoms with Crippen molar-refractivity contribution < 1.29 is 9.84 Å². The van der Waals surface area contributed by atoms with Gasteiger partial charge in [-0.05, 0) is 38.6 Å². The van der Waals surface area contributed by atoms with Crippen LogP contribution >= 0.6 is 0 Å². The zero-order valence-electron chi connectivity index (χ0n) is 11.7. The van der Waals surface area contributed by atoms with Gasteiger partial charge in [-0.2, -0.15) is 0 Å². The van der Waals surface area contributed by atoms with Crippen molar-refractivity contribution in [3.05, 3.63) is 29.8 Å². The molecule has 1 N–H and O–H groups in total. The molecule has 0 aliphatic rings. The summed E-state index contributed by atoms with van der Waals surface area (Å²) in [6.45, 7) is 6.21. The van der Waals surface area contributed by atoms with E-state index >= 15 is 0 Å². The summed E-state index contributed by atoms with van der Waals surface area (Å²) >= 11 is 0. The number of hydrogen-bond donors (Lipinski definition) is 1. The van der Waals surface area contributed by atoms with Crippen molar-refractivity contribution in [2.75, 3.05) is 26.7 Å². The largest absolute Gasteiger partial charge is 0.491 e. The number of hydrogen-bond acceptors (Lipinski definition) is 3. The Hall–Kier alpha value is -1.06. The topological polar surface area (TPSA) is 32.7 Å². The summed E-state index contributed by atoms with van der Waals surface area (Å²) in [6, 6.07) is 7.87. The van der Waals surface area contributed by atoms with Crippen molar-refractivity contribution >= 4 is 0 Å². The van der Waals surface area contributed by atoms with Gasteiger partial charge in [0.1, 0.15) is 18.5 Å². The molecule has 0 aliphatic carbocycles. The molecular formula is C15H25NO2. The van der Waals surface area contributed by atoms with E-state index in [-0.39, 0.29) is 0 Å². The smallest absolute Gasteiger partial charge is 0.122 e. The second-order valence-corrected chi connectivity index (χ2v) is 4.85. The highest BCUT2D eigenvalue weighted by atomic mass is 16.5. The molecule has 1 aromatic rings. The van der Waals surface area contributed by atoms with E-state index in [2.05, 4.69) is 11.8 Å². The van der Waals surface area contributed by atoms with E-state index < -0.39 is 6.10 Å². The van der Waals surface area contributed by atoms with Crippen LogP contribution < -0.4 is 4.74 Å². The maximum atomic E-state index is 9.90. The summed E-state index contributed by atoms with van der Waals surface area (Å²) in [5, 5.41) is 9.90. The lowest BCUT2D eigenvalue weighted by molar-refractivity contribution is 0.0757. The third-order valence-electron chi connectivity index (χ3n) is 2.94. The summed E-state index contributed by atoms with van der Waals surface area (Å²) in [6.07, 6.45) is 1.91. The molecule has 0 amide bonds. The summed E-state index contributed by atoms with van der Waals surface area (Å²) in [5.41, 5.74) is 1.10. The Balaban J connectivity index is 2.28. The molecule has 0 saturated carbocycles. The second kappa shape index (κ2) is 8.11. The maximum absolute atomic E-state index is 9.90. The van der Waals surface area contributed by atoms with Crippen LogP contribution in [-0.2, 0) is 0 Å². The van der Waals surface area contributed by atoms with Gasteiger partial charge in [0.15, 0.2) is 0 Å². The van der Waals surface area contributed by atoms with Crippen molar-refractivity contribution in [1.82, 2.24) is 4.90 Å². The van der Waals surface area contributed by atoms with Gasteiger partial charge in [0.05, 0.1) is 0 Å². The van der Waals surface area contributed by atoms with Gasteiger partial charge in [-0.25, -0.2) is 0 Å². The van der Waals surface area contributed by atoms with E-state index in [9.17, 15) is 5.11 Å². The Morgan fingerprint density at radius 2 is 2.06 bits per heavy atom. The fourth-order valence-electron chi connectivity index (χ4n) is 1.84. The minimum absolute atomic E-state index is 0.349. The van der Waals surface area contributed by atoms with Gasteiger partial charge in [0.25, 0.3) is 0 Å². The molecule has 3 heteroatoms. The number of likely N-dealkylation sites (N-methyl/N-ethyl adjacent to an activating group) is 1. The Morgan fingerprint density at radius 3 is 2.72 bits per heavy atom. The van der Waals surface area contributed by atoms with E-state index in [0.29, 0.717) is 13.2 Å². The van der Waals surface area contributed by atoms with Crippen molar-refractivity contribution in [3.8, 4) is 5.75 Å². The molecule has 0 spiro atoms. The monoisotopic (exact) mass is 251 g/mol. The Labute approximate surface area is 110 Å². The van der Waals surface area contributed by atoms with Crippen LogP contribution in [0.1, 0.15) is 25.3 Å². The number of benzene rings is 1. The van der Waals surface area contributed by atoms with Crippen molar-refractivity contribution in [1.29, 1.82) is 0 Å². The van der Waals surface area contributed by atoms with Crippen molar-refractivity contribution in [3.63, 3.8) is 0 Å². The molecule has 0 radical (unpaired) electrons. The number of unbranched alkanes of at least 4 members (excludes halogenated alkanes) is 1. The van der Waals surface area contributed by atoms with E-state index in [0.717, 1.165) is 17.9 Å². The average Bonchev–Trinajstić information content (AvgIpc) is 2.35. The minimum Gasteiger partial charge on any atom is -0.491 e. The lowest BCUT2D eigenvalue weighted by Gasteiger charge is -2.20. The second-order valence-electron chi connectivity index (χ2n) is 4.85. The number of ether oxygens (including phenoxy) is 1. The molecule has 0 heterocycles. The van der Waals surface area contributed by atoms with Crippen LogP contribution in [0.2, 0.25) is 0 Å². The minimum atomic E-state index is -0.438. The molecule has 0 bridgehead atoms. The molecular weight excluding hydrogens is 226 g/mol. The first kappa shape index (κ1) is 15.0. The van der Waals surface area contributed by atoms with Gasteiger partial charge in [-0.15, -0.1) is 0 Å². The zero-order chi connectivity index (χ0) is 13.4. The summed E-state index contributed by atoms with van der Waals surface area (Å²) in [7, 11) is 2.03. The summed E-state index contributed by atoms with van der Waals surface area (Å²) in [5.74, 6) is 0.854. The fraction of sp³-hybridized carbons (Fsp3) is 0.600. The van der Waals surface area contributed by atoms with Gasteiger partial charge in [-0.1, -0.05) is 31.5 Å². The van der Waals surface area contributed by atoms with E-state index in [1.54, 1.807) is 0 Å². The molecule has 3 nitrogen and oxygen atoms in total. The Morgan fingerprint density at radius 1 is 1.33 bits per heavy atom. The van der Waals surface area contributed by atoms with E-state index in [1.165, 1.54) is 12.8 Å². The number of aliphatic hydroxyl groups excluding tert-OH is 1. The fourth-order valence-corrected chi connectivity index (χ4v) is 1.84. The highest BCUT2D eigenvalue weighted by molar-refractivity contribution is 5.31. The van der Waals surface area contributed by atoms with Crippen molar-refractivity contribution in [2.24, 2.45) is 0 Å². The molecule has 0 aliphatic heterocycles. The maximum Gasteiger partial charge on any atom is 0.122 e. The third kappa shape index (κ3) is 5.52. The van der Waals surface area contributed by atoms with Gasteiger partial charge in [0.2, 0.25) is 0 Å². The number of rotatable bonds is 8.